The molecule has 2 N–H and O–H groups in total. The van der Waals surface area contributed by atoms with Crippen LogP contribution in [-0.4, -0.2) is 42.0 Å². The summed E-state index contributed by atoms with van der Waals surface area (Å²) in [7, 11) is -3.78. The van der Waals surface area contributed by atoms with Crippen molar-refractivity contribution in [2.45, 2.75) is 37.2 Å². The van der Waals surface area contributed by atoms with E-state index in [0.29, 0.717) is 29.8 Å². The van der Waals surface area contributed by atoms with Crippen LogP contribution in [0.25, 0.3) is 11.1 Å². The zero-order chi connectivity index (χ0) is 19.4. The van der Waals surface area contributed by atoms with E-state index in [2.05, 4.69) is 0 Å². The topological polar surface area (TPSA) is 94.9 Å². The number of carbonyl (C=O) groups is 1. The molecule has 144 valence electrons. The second kappa shape index (κ2) is 8.21. The molecule has 0 amide bonds. The van der Waals surface area contributed by atoms with Gasteiger partial charge in [0.15, 0.2) is 0 Å². The van der Waals surface area contributed by atoms with E-state index in [0.717, 1.165) is 25.7 Å². The predicted octanol–water partition coefficient (Wildman–Crippen LogP) is 3.11. The molecule has 0 aliphatic carbocycles. The molecule has 1 heterocycles. The maximum absolute atomic E-state index is 13.1. The first kappa shape index (κ1) is 19.5. The van der Waals surface area contributed by atoms with Crippen LogP contribution in [0.4, 0.5) is 0 Å². The Morgan fingerprint density at radius 2 is 1.67 bits per heavy atom. The summed E-state index contributed by atoms with van der Waals surface area (Å²) in [4.78, 5) is 11.6. The summed E-state index contributed by atoms with van der Waals surface area (Å²) in [5.41, 5.74) is 1.61. The number of aliphatic hydroxyl groups is 1. The lowest BCUT2D eigenvalue weighted by molar-refractivity contribution is 0.0696. The molecule has 2 aromatic rings. The van der Waals surface area contributed by atoms with Crippen LogP contribution in [-0.2, 0) is 16.6 Å². The SMILES string of the molecule is O=C(O)c1cc(-c2ccccc2CO)cc(S(=O)(=O)N2CCCCCC2)c1. The third-order valence-electron chi connectivity index (χ3n) is 4.85. The largest absolute Gasteiger partial charge is 0.478 e. The average molecular weight is 389 g/mol. The quantitative estimate of drug-likeness (QED) is 0.819. The van der Waals surface area contributed by atoms with E-state index >= 15 is 0 Å². The molecule has 1 aliphatic heterocycles. The molecule has 0 radical (unpaired) electrons. The van der Waals surface area contributed by atoms with Gasteiger partial charge in [-0.3, -0.25) is 0 Å². The van der Waals surface area contributed by atoms with Gasteiger partial charge in [0, 0.05) is 13.1 Å². The molecule has 1 fully saturated rings. The number of carboxylic acid groups (broad SMARTS) is 1. The van der Waals surface area contributed by atoms with Crippen LogP contribution in [0.5, 0.6) is 0 Å². The van der Waals surface area contributed by atoms with Crippen molar-refractivity contribution in [2.24, 2.45) is 0 Å². The van der Waals surface area contributed by atoms with Crippen molar-refractivity contribution >= 4 is 16.0 Å². The zero-order valence-corrected chi connectivity index (χ0v) is 15.8. The molecular weight excluding hydrogens is 366 g/mol. The van der Waals surface area contributed by atoms with Crippen LogP contribution in [0.2, 0.25) is 0 Å². The molecule has 6 nitrogen and oxygen atoms in total. The standard InChI is InChI=1S/C20H23NO5S/c22-14-15-7-3-4-8-19(15)16-11-17(20(23)24)13-18(12-16)27(25,26)21-9-5-1-2-6-10-21/h3-4,7-8,11-13,22H,1-2,5-6,9-10,14H2,(H,23,24). The lowest BCUT2D eigenvalue weighted by Crippen LogP contribution is -2.32. The Morgan fingerprint density at radius 1 is 1.00 bits per heavy atom. The van der Waals surface area contributed by atoms with E-state index < -0.39 is 16.0 Å². The molecule has 7 heteroatoms. The predicted molar refractivity (Wildman–Crippen MR) is 102 cm³/mol. The van der Waals surface area contributed by atoms with Crippen molar-refractivity contribution in [3.8, 4) is 11.1 Å². The summed E-state index contributed by atoms with van der Waals surface area (Å²) in [6, 6.07) is 11.2. The van der Waals surface area contributed by atoms with Crippen molar-refractivity contribution < 1.29 is 23.4 Å². The number of aliphatic hydroxyl groups excluding tert-OH is 1. The first-order valence-electron chi connectivity index (χ1n) is 9.01. The van der Waals surface area contributed by atoms with E-state index in [1.807, 2.05) is 0 Å². The number of aromatic carboxylic acids is 1. The molecular formula is C20H23NO5S. The Balaban J connectivity index is 2.13. The van der Waals surface area contributed by atoms with Gasteiger partial charge in [-0.15, -0.1) is 0 Å². The smallest absolute Gasteiger partial charge is 0.335 e. The van der Waals surface area contributed by atoms with Crippen molar-refractivity contribution in [1.82, 2.24) is 4.31 Å². The average Bonchev–Trinajstić information content (AvgIpc) is 2.97. The van der Waals surface area contributed by atoms with Crippen LogP contribution < -0.4 is 0 Å². The maximum Gasteiger partial charge on any atom is 0.335 e. The van der Waals surface area contributed by atoms with Gasteiger partial charge in [0.1, 0.15) is 0 Å². The summed E-state index contributed by atoms with van der Waals surface area (Å²) in [6.07, 6.45) is 3.60. The fourth-order valence-electron chi connectivity index (χ4n) is 3.40. The highest BCUT2D eigenvalue weighted by molar-refractivity contribution is 7.89. The Morgan fingerprint density at radius 3 is 2.30 bits per heavy atom. The summed E-state index contributed by atoms with van der Waals surface area (Å²) in [5, 5.41) is 19.1. The van der Waals surface area contributed by atoms with Crippen molar-refractivity contribution in [1.29, 1.82) is 0 Å². The molecule has 0 bridgehead atoms. The van der Waals surface area contributed by atoms with Crippen molar-refractivity contribution in [3.63, 3.8) is 0 Å². The first-order valence-corrected chi connectivity index (χ1v) is 10.4. The fourth-order valence-corrected chi connectivity index (χ4v) is 4.99. The molecule has 3 rings (SSSR count). The molecule has 0 spiro atoms. The summed E-state index contributed by atoms with van der Waals surface area (Å²) in [6.45, 7) is 0.673. The fraction of sp³-hybridized carbons (Fsp3) is 0.350. The zero-order valence-electron chi connectivity index (χ0n) is 15.0. The van der Waals surface area contributed by atoms with E-state index in [1.54, 1.807) is 24.3 Å². The minimum Gasteiger partial charge on any atom is -0.478 e. The highest BCUT2D eigenvalue weighted by atomic mass is 32.2. The van der Waals surface area contributed by atoms with Gasteiger partial charge in [-0.1, -0.05) is 37.1 Å². The van der Waals surface area contributed by atoms with Crippen molar-refractivity contribution in [3.05, 3.63) is 53.6 Å². The van der Waals surface area contributed by atoms with Gasteiger partial charge in [0.2, 0.25) is 10.0 Å². The highest BCUT2D eigenvalue weighted by Crippen LogP contribution is 2.30. The lowest BCUT2D eigenvalue weighted by Gasteiger charge is -2.21. The van der Waals surface area contributed by atoms with Crippen molar-refractivity contribution in [2.75, 3.05) is 13.1 Å². The molecule has 27 heavy (non-hydrogen) atoms. The van der Waals surface area contributed by atoms with E-state index in [1.165, 1.54) is 22.5 Å². The number of hydrogen-bond donors (Lipinski definition) is 2. The third kappa shape index (κ3) is 4.21. The van der Waals surface area contributed by atoms with Gasteiger partial charge in [-0.05, 0) is 47.7 Å². The van der Waals surface area contributed by atoms with Crippen LogP contribution in [0.1, 0.15) is 41.6 Å². The Kier molecular flexibility index (Phi) is 5.94. The van der Waals surface area contributed by atoms with Crippen LogP contribution in [0, 0.1) is 0 Å². The number of nitrogens with zero attached hydrogens (tertiary/aromatic N) is 1. The summed E-state index contributed by atoms with van der Waals surface area (Å²) in [5.74, 6) is -1.19. The molecule has 0 unspecified atom stereocenters. The van der Waals surface area contributed by atoms with Gasteiger partial charge < -0.3 is 10.2 Å². The highest BCUT2D eigenvalue weighted by Gasteiger charge is 2.27. The normalized spacial score (nSPS) is 16.0. The summed E-state index contributed by atoms with van der Waals surface area (Å²) >= 11 is 0. The molecule has 0 atom stereocenters. The van der Waals surface area contributed by atoms with E-state index in [-0.39, 0.29) is 17.1 Å². The van der Waals surface area contributed by atoms with Gasteiger partial charge in [0.05, 0.1) is 17.1 Å². The molecule has 0 aromatic heterocycles. The second-order valence-electron chi connectivity index (χ2n) is 6.68. The van der Waals surface area contributed by atoms with Gasteiger partial charge in [0.25, 0.3) is 0 Å². The molecule has 1 aliphatic rings. The molecule has 0 saturated carbocycles. The minimum absolute atomic E-state index is 0.0213. The molecule has 1 saturated heterocycles. The van der Waals surface area contributed by atoms with Gasteiger partial charge in [-0.2, -0.15) is 4.31 Å². The lowest BCUT2D eigenvalue weighted by atomic mass is 9.98. The number of rotatable bonds is 5. The van der Waals surface area contributed by atoms with Crippen LogP contribution >= 0.6 is 0 Å². The molecule has 2 aromatic carbocycles. The van der Waals surface area contributed by atoms with Crippen LogP contribution in [0.15, 0.2) is 47.4 Å². The number of sulfonamides is 1. The Bertz CT molecular complexity index is 931. The first-order chi connectivity index (χ1) is 12.9. The second-order valence-corrected chi connectivity index (χ2v) is 8.62. The number of benzene rings is 2. The van der Waals surface area contributed by atoms with Gasteiger partial charge >= 0.3 is 5.97 Å². The number of carboxylic acids is 1. The maximum atomic E-state index is 13.1. The monoisotopic (exact) mass is 389 g/mol. The Labute approximate surface area is 159 Å². The van der Waals surface area contributed by atoms with E-state index in [9.17, 15) is 23.4 Å². The Hall–Kier alpha value is -2.22. The minimum atomic E-state index is -3.78. The number of hydrogen-bond acceptors (Lipinski definition) is 4. The van der Waals surface area contributed by atoms with Gasteiger partial charge in [-0.25, -0.2) is 13.2 Å². The van der Waals surface area contributed by atoms with E-state index in [4.69, 9.17) is 0 Å². The third-order valence-corrected chi connectivity index (χ3v) is 6.73. The summed E-state index contributed by atoms with van der Waals surface area (Å²) < 4.78 is 27.7. The van der Waals surface area contributed by atoms with Crippen LogP contribution in [0.3, 0.4) is 0 Å².